The number of carbonyl (C=O) groups excluding carboxylic acids is 4. The molecule has 0 aromatic heterocycles. The molecule has 0 heterocycles. The van der Waals surface area contributed by atoms with Crippen LogP contribution in [0.2, 0.25) is 0 Å². The summed E-state index contributed by atoms with van der Waals surface area (Å²) < 4.78 is 9.70. The van der Waals surface area contributed by atoms with E-state index < -0.39 is 0 Å². The lowest BCUT2D eigenvalue weighted by Crippen LogP contribution is -2.34. The number of ether oxygens (including phenoxy) is 2. The Hall–Kier alpha value is -1.16. The third-order valence-electron chi connectivity index (χ3n) is 2.17. The summed E-state index contributed by atoms with van der Waals surface area (Å²) >= 11 is 6.33. The van der Waals surface area contributed by atoms with Crippen LogP contribution in [0.1, 0.15) is 27.7 Å². The van der Waals surface area contributed by atoms with Crippen LogP contribution in [0.5, 0.6) is 0 Å². The first kappa shape index (κ1) is 25.1. The molecule has 24 heavy (non-hydrogen) atoms. The molecule has 0 aromatic rings. The Labute approximate surface area is 158 Å². The first-order chi connectivity index (χ1) is 11.1. The minimum absolute atomic E-state index is 0.131. The van der Waals surface area contributed by atoms with Gasteiger partial charge in [0, 0.05) is 38.4 Å². The minimum Gasteiger partial charge on any atom is -0.460 e. The van der Waals surface area contributed by atoms with E-state index in [2.05, 4.69) is 42.5 Å². The number of halogens is 2. The Morgan fingerprint density at radius 1 is 0.750 bits per heavy atom. The summed E-state index contributed by atoms with van der Waals surface area (Å²) in [5.74, 6) is -0.948. The lowest BCUT2D eigenvalue weighted by atomic mass is 10.4. The molecule has 140 valence electrons. The predicted octanol–water partition coefficient (Wildman–Crippen LogP) is 0.898. The minimum atomic E-state index is -0.343. The average molecular weight is 476 g/mol. The van der Waals surface area contributed by atoms with Crippen LogP contribution in [-0.2, 0) is 28.7 Å². The highest BCUT2D eigenvalue weighted by molar-refractivity contribution is 9.09. The second-order valence-electron chi connectivity index (χ2n) is 4.65. The SMILES string of the molecule is CC(=O)NC[C@@H](CBr)OC(C)=O.CC(=O)NC[C@@H](CBr)OC(C)=O. The first-order valence-corrected chi connectivity index (χ1v) is 9.31. The molecule has 0 aliphatic carbocycles. The molecular weight excluding hydrogens is 452 g/mol. The third kappa shape index (κ3) is 18.9. The molecule has 2 N–H and O–H groups in total. The molecule has 0 spiro atoms. The number of hydrogen-bond acceptors (Lipinski definition) is 6. The fraction of sp³-hybridized carbons (Fsp3) is 0.714. The highest BCUT2D eigenvalue weighted by Gasteiger charge is 2.10. The van der Waals surface area contributed by atoms with Crippen LogP contribution >= 0.6 is 31.9 Å². The van der Waals surface area contributed by atoms with Crippen LogP contribution in [0.15, 0.2) is 0 Å². The number of hydrogen-bond donors (Lipinski definition) is 2. The molecule has 2 atom stereocenters. The van der Waals surface area contributed by atoms with Crippen LogP contribution in [0.3, 0.4) is 0 Å². The van der Waals surface area contributed by atoms with Crippen LogP contribution in [0.25, 0.3) is 0 Å². The Balaban J connectivity index is 0. The van der Waals surface area contributed by atoms with Crippen LogP contribution in [-0.4, -0.2) is 59.7 Å². The van der Waals surface area contributed by atoms with Crippen LogP contribution < -0.4 is 10.6 Å². The zero-order valence-corrected chi connectivity index (χ0v) is 17.4. The van der Waals surface area contributed by atoms with Gasteiger partial charge in [0.25, 0.3) is 0 Å². The molecule has 0 radical (unpaired) electrons. The number of carbonyl (C=O) groups is 4. The molecule has 0 aliphatic heterocycles. The summed E-state index contributed by atoms with van der Waals surface area (Å²) in [7, 11) is 0. The molecule has 10 heteroatoms. The smallest absolute Gasteiger partial charge is 0.302 e. The van der Waals surface area contributed by atoms with E-state index in [1.54, 1.807) is 0 Å². The summed E-state index contributed by atoms with van der Waals surface area (Å²) in [5, 5.41) is 6.15. The van der Waals surface area contributed by atoms with Crippen molar-refractivity contribution in [3.05, 3.63) is 0 Å². The van der Waals surface area contributed by atoms with Gasteiger partial charge in [-0.3, -0.25) is 19.2 Å². The van der Waals surface area contributed by atoms with E-state index in [1.165, 1.54) is 27.7 Å². The van der Waals surface area contributed by atoms with Gasteiger partial charge in [-0.25, -0.2) is 0 Å². The van der Waals surface area contributed by atoms with Gasteiger partial charge < -0.3 is 20.1 Å². The zero-order valence-electron chi connectivity index (χ0n) is 14.2. The topological polar surface area (TPSA) is 111 Å². The van der Waals surface area contributed by atoms with Crippen molar-refractivity contribution in [2.24, 2.45) is 0 Å². The molecule has 0 unspecified atom stereocenters. The van der Waals surface area contributed by atoms with Gasteiger partial charge >= 0.3 is 11.9 Å². The number of amides is 2. The van der Waals surface area contributed by atoms with Crippen molar-refractivity contribution in [3.8, 4) is 0 Å². The van der Waals surface area contributed by atoms with E-state index in [0.29, 0.717) is 23.7 Å². The number of esters is 2. The average Bonchev–Trinajstić information content (AvgIpc) is 2.47. The maximum absolute atomic E-state index is 10.5. The highest BCUT2D eigenvalue weighted by atomic mass is 79.9. The Kier molecular flexibility index (Phi) is 16.1. The standard InChI is InChI=1S/2C7H12BrNO3/c2*1-5(10)9-4-7(3-8)12-6(2)11/h2*7H,3-4H2,1-2H3,(H,9,10)/t2*7-/m11/s1. The number of rotatable bonds is 8. The van der Waals surface area contributed by atoms with Gasteiger partial charge in [-0.1, -0.05) is 31.9 Å². The van der Waals surface area contributed by atoms with Crippen molar-refractivity contribution in [1.82, 2.24) is 10.6 Å². The summed E-state index contributed by atoms with van der Waals surface area (Å²) in [4.78, 5) is 42.0. The summed E-state index contributed by atoms with van der Waals surface area (Å²) in [6.45, 7) is 6.20. The van der Waals surface area contributed by atoms with E-state index in [0.717, 1.165) is 0 Å². The van der Waals surface area contributed by atoms with E-state index in [1.807, 2.05) is 0 Å². The lowest BCUT2D eigenvalue weighted by molar-refractivity contribution is -0.146. The fourth-order valence-electron chi connectivity index (χ4n) is 1.24. The van der Waals surface area contributed by atoms with Crippen LogP contribution in [0.4, 0.5) is 0 Å². The van der Waals surface area contributed by atoms with E-state index in [-0.39, 0.29) is 36.0 Å². The maximum Gasteiger partial charge on any atom is 0.302 e. The highest BCUT2D eigenvalue weighted by Crippen LogP contribution is 1.97. The molecule has 8 nitrogen and oxygen atoms in total. The van der Waals surface area contributed by atoms with Crippen molar-refractivity contribution < 1.29 is 28.7 Å². The van der Waals surface area contributed by atoms with Gasteiger partial charge in [0.05, 0.1) is 13.1 Å². The molecule has 0 rings (SSSR count). The van der Waals surface area contributed by atoms with Crippen molar-refractivity contribution >= 4 is 55.6 Å². The molecule has 0 fully saturated rings. The number of nitrogens with one attached hydrogen (secondary N) is 2. The second-order valence-corrected chi connectivity index (χ2v) is 5.94. The lowest BCUT2D eigenvalue weighted by Gasteiger charge is -2.13. The Morgan fingerprint density at radius 2 is 1.04 bits per heavy atom. The molecule has 2 amide bonds. The predicted molar refractivity (Wildman–Crippen MR) is 96.1 cm³/mol. The van der Waals surface area contributed by atoms with E-state index in [4.69, 9.17) is 9.47 Å². The van der Waals surface area contributed by atoms with Crippen molar-refractivity contribution in [1.29, 1.82) is 0 Å². The molecular formula is C14H24Br2N2O6. The van der Waals surface area contributed by atoms with E-state index >= 15 is 0 Å². The molecule has 0 saturated heterocycles. The fourth-order valence-corrected chi connectivity index (χ4v) is 1.96. The van der Waals surface area contributed by atoms with Gasteiger partial charge in [-0.15, -0.1) is 0 Å². The van der Waals surface area contributed by atoms with Gasteiger partial charge in [0.2, 0.25) is 11.8 Å². The first-order valence-electron chi connectivity index (χ1n) is 7.07. The van der Waals surface area contributed by atoms with Crippen molar-refractivity contribution in [2.45, 2.75) is 39.9 Å². The van der Waals surface area contributed by atoms with Gasteiger partial charge in [0.1, 0.15) is 12.2 Å². The van der Waals surface area contributed by atoms with Gasteiger partial charge in [-0.05, 0) is 0 Å². The normalized spacial score (nSPS) is 11.9. The van der Waals surface area contributed by atoms with Gasteiger partial charge in [-0.2, -0.15) is 0 Å². The quantitative estimate of drug-likeness (QED) is 0.398. The maximum atomic E-state index is 10.5. The van der Waals surface area contributed by atoms with Gasteiger partial charge in [0.15, 0.2) is 0 Å². The van der Waals surface area contributed by atoms with E-state index in [9.17, 15) is 19.2 Å². The number of alkyl halides is 2. The molecule has 0 saturated carbocycles. The summed E-state index contributed by atoms with van der Waals surface area (Å²) in [6, 6.07) is 0. The zero-order chi connectivity index (χ0) is 19.1. The Morgan fingerprint density at radius 3 is 1.21 bits per heavy atom. The summed E-state index contributed by atoms with van der Waals surface area (Å²) in [5.41, 5.74) is 0. The van der Waals surface area contributed by atoms with Crippen LogP contribution in [0, 0.1) is 0 Å². The van der Waals surface area contributed by atoms with Crippen molar-refractivity contribution in [2.75, 3.05) is 23.7 Å². The molecule has 0 bridgehead atoms. The Bertz CT molecular complexity index is 382. The largest absolute Gasteiger partial charge is 0.460 e. The van der Waals surface area contributed by atoms with Crippen molar-refractivity contribution in [3.63, 3.8) is 0 Å². The molecule has 0 aliphatic rings. The molecule has 0 aromatic carbocycles. The third-order valence-corrected chi connectivity index (χ3v) is 3.61. The summed E-state index contributed by atoms with van der Waals surface area (Å²) in [6.07, 6.45) is -0.571. The monoisotopic (exact) mass is 474 g/mol. The second kappa shape index (κ2) is 15.4.